The molecule has 1 N–H and O–H groups in total. The van der Waals surface area contributed by atoms with E-state index in [9.17, 15) is 9.59 Å². The highest BCUT2D eigenvalue weighted by molar-refractivity contribution is 5.94. The fourth-order valence-electron chi connectivity index (χ4n) is 3.43. The fourth-order valence-corrected chi connectivity index (χ4v) is 3.43. The molecule has 1 aliphatic rings. The van der Waals surface area contributed by atoms with Gasteiger partial charge in [0.25, 0.3) is 5.91 Å². The second kappa shape index (κ2) is 7.47. The maximum absolute atomic E-state index is 12.8. The lowest BCUT2D eigenvalue weighted by Gasteiger charge is -2.24. The first-order chi connectivity index (χ1) is 12.1. The summed E-state index contributed by atoms with van der Waals surface area (Å²) in [4.78, 5) is 30.0. The van der Waals surface area contributed by atoms with Gasteiger partial charge in [-0.1, -0.05) is 30.3 Å². The Hall–Kier alpha value is -2.69. The van der Waals surface area contributed by atoms with Gasteiger partial charge in [-0.2, -0.15) is 0 Å². The van der Waals surface area contributed by atoms with Gasteiger partial charge in [0.15, 0.2) is 0 Å². The van der Waals surface area contributed by atoms with Crippen LogP contribution in [0.1, 0.15) is 51.4 Å². The van der Waals surface area contributed by atoms with Crippen molar-refractivity contribution in [3.05, 3.63) is 65.0 Å². The van der Waals surface area contributed by atoms with Gasteiger partial charge in [0.2, 0.25) is 0 Å². The van der Waals surface area contributed by atoms with Gasteiger partial charge in [-0.15, -0.1) is 0 Å². The van der Waals surface area contributed by atoms with Gasteiger partial charge in [0.05, 0.1) is 11.3 Å². The van der Waals surface area contributed by atoms with Gasteiger partial charge in [-0.25, -0.2) is 9.78 Å². The summed E-state index contributed by atoms with van der Waals surface area (Å²) in [5.41, 5.74) is 2.12. The molecule has 1 aliphatic heterocycles. The molecule has 1 aromatic carbocycles. The van der Waals surface area contributed by atoms with Gasteiger partial charge in [-0.3, -0.25) is 4.79 Å². The molecule has 1 amide bonds. The SMILES string of the molecule is Cc1nc(C(=O)N2CCCC2CCc2ccccc2)ccc1C(=O)O. The van der Waals surface area contributed by atoms with Crippen molar-refractivity contribution in [3.63, 3.8) is 0 Å². The van der Waals surface area contributed by atoms with Crippen molar-refractivity contribution < 1.29 is 14.7 Å². The third kappa shape index (κ3) is 3.87. The van der Waals surface area contributed by atoms with E-state index in [0.29, 0.717) is 11.4 Å². The number of carbonyl (C=O) groups is 2. The molecule has 0 spiro atoms. The van der Waals surface area contributed by atoms with Crippen LogP contribution < -0.4 is 0 Å². The Kier molecular flexibility index (Phi) is 5.12. The molecule has 0 bridgehead atoms. The van der Waals surface area contributed by atoms with Crippen LogP contribution >= 0.6 is 0 Å². The van der Waals surface area contributed by atoms with E-state index >= 15 is 0 Å². The number of amides is 1. The number of benzene rings is 1. The van der Waals surface area contributed by atoms with E-state index in [2.05, 4.69) is 17.1 Å². The molecule has 2 aromatic rings. The van der Waals surface area contributed by atoms with E-state index < -0.39 is 5.97 Å². The summed E-state index contributed by atoms with van der Waals surface area (Å²) in [6.45, 7) is 2.36. The fraction of sp³-hybridized carbons (Fsp3) is 0.350. The summed E-state index contributed by atoms with van der Waals surface area (Å²) in [6, 6.07) is 13.5. The zero-order valence-corrected chi connectivity index (χ0v) is 14.3. The molecule has 1 fully saturated rings. The number of hydrogen-bond acceptors (Lipinski definition) is 3. The molecule has 1 saturated heterocycles. The number of carboxylic acids is 1. The van der Waals surface area contributed by atoms with E-state index in [0.717, 1.165) is 32.2 Å². The highest BCUT2D eigenvalue weighted by Gasteiger charge is 2.30. The van der Waals surface area contributed by atoms with Gasteiger partial charge in [0.1, 0.15) is 5.69 Å². The van der Waals surface area contributed by atoms with Crippen LogP contribution in [0.15, 0.2) is 42.5 Å². The molecule has 0 aliphatic carbocycles. The summed E-state index contributed by atoms with van der Waals surface area (Å²) in [5, 5.41) is 9.09. The average molecular weight is 338 g/mol. The first-order valence-electron chi connectivity index (χ1n) is 8.62. The molecule has 2 heterocycles. The summed E-state index contributed by atoms with van der Waals surface area (Å²) in [7, 11) is 0. The number of carboxylic acid groups (broad SMARTS) is 1. The number of pyridine rings is 1. The maximum Gasteiger partial charge on any atom is 0.337 e. The molecule has 0 radical (unpaired) electrons. The Morgan fingerprint density at radius 2 is 1.96 bits per heavy atom. The van der Waals surface area contributed by atoms with Crippen molar-refractivity contribution >= 4 is 11.9 Å². The second-order valence-electron chi connectivity index (χ2n) is 6.45. The first-order valence-corrected chi connectivity index (χ1v) is 8.62. The number of aromatic carboxylic acids is 1. The zero-order chi connectivity index (χ0) is 17.8. The van der Waals surface area contributed by atoms with Crippen LogP contribution in [-0.4, -0.2) is 39.5 Å². The standard InChI is InChI=1S/C20H22N2O3/c1-14-17(20(24)25)11-12-18(21-14)19(23)22-13-5-8-16(22)10-9-15-6-3-2-4-7-15/h2-4,6-7,11-12,16H,5,8-10,13H2,1H3,(H,24,25). The Morgan fingerprint density at radius 1 is 1.20 bits per heavy atom. The van der Waals surface area contributed by atoms with Crippen LogP contribution in [0, 0.1) is 6.92 Å². The Bertz CT molecular complexity index is 774. The third-order valence-corrected chi connectivity index (χ3v) is 4.78. The summed E-state index contributed by atoms with van der Waals surface area (Å²) in [5.74, 6) is -1.12. The van der Waals surface area contributed by atoms with Gasteiger partial charge in [0, 0.05) is 12.6 Å². The second-order valence-corrected chi connectivity index (χ2v) is 6.45. The topological polar surface area (TPSA) is 70.5 Å². The maximum atomic E-state index is 12.8. The Balaban J connectivity index is 1.70. The molecule has 5 nitrogen and oxygen atoms in total. The first kappa shape index (κ1) is 17.1. The van der Waals surface area contributed by atoms with E-state index in [1.165, 1.54) is 17.7 Å². The van der Waals surface area contributed by atoms with Crippen molar-refractivity contribution in [2.45, 2.75) is 38.6 Å². The van der Waals surface area contributed by atoms with Gasteiger partial charge < -0.3 is 10.0 Å². The summed E-state index contributed by atoms with van der Waals surface area (Å²) >= 11 is 0. The van der Waals surface area contributed by atoms with Crippen LogP contribution in [0.3, 0.4) is 0 Å². The number of aromatic nitrogens is 1. The molecule has 25 heavy (non-hydrogen) atoms. The molecule has 1 aromatic heterocycles. The van der Waals surface area contributed by atoms with Crippen molar-refractivity contribution in [1.82, 2.24) is 9.88 Å². The number of aryl methyl sites for hydroxylation is 2. The minimum absolute atomic E-state index is 0.101. The van der Waals surface area contributed by atoms with E-state index in [1.54, 1.807) is 6.92 Å². The molecular formula is C20H22N2O3. The molecular weight excluding hydrogens is 316 g/mol. The lowest BCUT2D eigenvalue weighted by atomic mass is 10.0. The molecule has 3 rings (SSSR count). The van der Waals surface area contributed by atoms with Crippen LogP contribution in [0.2, 0.25) is 0 Å². The van der Waals surface area contributed by atoms with Crippen molar-refractivity contribution in [2.75, 3.05) is 6.54 Å². The number of carbonyl (C=O) groups excluding carboxylic acids is 1. The van der Waals surface area contributed by atoms with E-state index in [-0.39, 0.29) is 17.5 Å². The molecule has 1 atom stereocenters. The highest BCUT2D eigenvalue weighted by atomic mass is 16.4. The zero-order valence-electron chi connectivity index (χ0n) is 14.3. The predicted octanol–water partition coefficient (Wildman–Crippen LogP) is 3.33. The predicted molar refractivity (Wildman–Crippen MR) is 94.8 cm³/mol. The molecule has 5 heteroatoms. The number of rotatable bonds is 5. The van der Waals surface area contributed by atoms with Crippen LogP contribution in [0.5, 0.6) is 0 Å². The van der Waals surface area contributed by atoms with Crippen molar-refractivity contribution in [2.24, 2.45) is 0 Å². The molecule has 0 saturated carbocycles. The smallest absolute Gasteiger partial charge is 0.337 e. The molecule has 130 valence electrons. The monoisotopic (exact) mass is 338 g/mol. The summed E-state index contributed by atoms with van der Waals surface area (Å²) < 4.78 is 0. The summed E-state index contributed by atoms with van der Waals surface area (Å²) in [6.07, 6.45) is 3.88. The minimum Gasteiger partial charge on any atom is -0.478 e. The van der Waals surface area contributed by atoms with Crippen molar-refractivity contribution in [1.29, 1.82) is 0 Å². The quantitative estimate of drug-likeness (QED) is 0.908. The Labute approximate surface area is 147 Å². The minimum atomic E-state index is -1.02. The third-order valence-electron chi connectivity index (χ3n) is 4.78. The van der Waals surface area contributed by atoms with Crippen LogP contribution in [0.25, 0.3) is 0 Å². The number of hydrogen-bond donors (Lipinski definition) is 1. The van der Waals surface area contributed by atoms with Crippen LogP contribution in [-0.2, 0) is 6.42 Å². The number of likely N-dealkylation sites (tertiary alicyclic amines) is 1. The van der Waals surface area contributed by atoms with Crippen molar-refractivity contribution in [3.8, 4) is 0 Å². The van der Waals surface area contributed by atoms with E-state index in [4.69, 9.17) is 5.11 Å². The lowest BCUT2D eigenvalue weighted by Crippen LogP contribution is -2.36. The van der Waals surface area contributed by atoms with Gasteiger partial charge >= 0.3 is 5.97 Å². The largest absolute Gasteiger partial charge is 0.478 e. The number of nitrogens with zero attached hydrogens (tertiary/aromatic N) is 2. The highest BCUT2D eigenvalue weighted by Crippen LogP contribution is 2.24. The van der Waals surface area contributed by atoms with E-state index in [1.807, 2.05) is 23.1 Å². The molecule has 1 unspecified atom stereocenters. The normalized spacial score (nSPS) is 16.8. The Morgan fingerprint density at radius 3 is 2.64 bits per heavy atom. The van der Waals surface area contributed by atoms with Crippen LogP contribution in [0.4, 0.5) is 0 Å². The average Bonchev–Trinajstić information content (AvgIpc) is 3.08. The van der Waals surface area contributed by atoms with Gasteiger partial charge in [-0.05, 0) is 50.3 Å². The lowest BCUT2D eigenvalue weighted by molar-refractivity contribution is 0.0688.